The van der Waals surface area contributed by atoms with Gasteiger partial charge in [0.1, 0.15) is 5.03 Å². The van der Waals surface area contributed by atoms with Crippen molar-refractivity contribution in [3.63, 3.8) is 0 Å². The Balaban J connectivity index is 2.38. The number of hydrogen-bond acceptors (Lipinski definition) is 8. The number of aromatic nitrogens is 4. The van der Waals surface area contributed by atoms with Crippen LogP contribution in [0.5, 0.6) is 0 Å². The number of anilines is 1. The highest BCUT2D eigenvalue weighted by molar-refractivity contribution is 8.01. The number of carbonyl (C=O) groups is 1. The second-order valence-corrected chi connectivity index (χ2v) is 6.43. The maximum atomic E-state index is 11.4. The molecule has 2 rings (SSSR count). The lowest BCUT2D eigenvalue weighted by atomic mass is 10.1. The van der Waals surface area contributed by atoms with Crippen LogP contribution in [0.3, 0.4) is 0 Å². The van der Waals surface area contributed by atoms with E-state index in [-0.39, 0.29) is 5.56 Å². The average Bonchev–Trinajstić information content (AvgIpc) is 2.82. The van der Waals surface area contributed by atoms with Crippen molar-refractivity contribution in [1.29, 1.82) is 0 Å². The fourth-order valence-electron chi connectivity index (χ4n) is 1.42. The molecule has 0 aliphatic rings. The SMILES string of the molecule is Cc1nnc(Sc2nnc(N(C)C)s2)c(C(=O)O)c1C. The van der Waals surface area contributed by atoms with Crippen LogP contribution in [0.4, 0.5) is 5.13 Å². The van der Waals surface area contributed by atoms with E-state index < -0.39 is 5.97 Å². The second kappa shape index (κ2) is 5.71. The van der Waals surface area contributed by atoms with Gasteiger partial charge in [0.2, 0.25) is 5.13 Å². The molecule has 0 radical (unpaired) electrons. The Morgan fingerprint density at radius 1 is 1.20 bits per heavy atom. The van der Waals surface area contributed by atoms with Crippen molar-refractivity contribution in [3.05, 3.63) is 16.8 Å². The van der Waals surface area contributed by atoms with E-state index in [1.54, 1.807) is 13.8 Å². The van der Waals surface area contributed by atoms with Crippen LogP contribution in [0, 0.1) is 13.8 Å². The van der Waals surface area contributed by atoms with Gasteiger partial charge in [-0.3, -0.25) is 0 Å². The fraction of sp³-hybridized carbons (Fsp3) is 0.364. The number of aromatic carboxylic acids is 1. The Bertz CT molecular complexity index is 656. The second-order valence-electron chi connectivity index (χ2n) is 4.24. The standard InChI is InChI=1S/C11H13N5O2S2/c1-5-6(2)12-13-8(7(5)9(17)18)19-11-15-14-10(20-11)16(3)4/h1-4H3,(H,17,18). The zero-order valence-corrected chi connectivity index (χ0v) is 13.0. The first-order valence-corrected chi connectivity index (χ1v) is 7.29. The topological polar surface area (TPSA) is 92.1 Å². The first-order valence-electron chi connectivity index (χ1n) is 5.66. The third kappa shape index (κ3) is 2.88. The monoisotopic (exact) mass is 311 g/mol. The highest BCUT2D eigenvalue weighted by atomic mass is 32.2. The summed E-state index contributed by atoms with van der Waals surface area (Å²) in [5, 5.41) is 26.4. The Morgan fingerprint density at radius 2 is 1.90 bits per heavy atom. The molecular formula is C11H13N5O2S2. The number of hydrogen-bond donors (Lipinski definition) is 1. The molecule has 9 heteroatoms. The van der Waals surface area contributed by atoms with Gasteiger partial charge < -0.3 is 10.0 Å². The van der Waals surface area contributed by atoms with Gasteiger partial charge in [0.25, 0.3) is 0 Å². The van der Waals surface area contributed by atoms with Gasteiger partial charge in [-0.1, -0.05) is 11.3 Å². The van der Waals surface area contributed by atoms with E-state index in [0.29, 0.717) is 20.6 Å². The molecule has 2 aromatic rings. The molecular weight excluding hydrogens is 298 g/mol. The van der Waals surface area contributed by atoms with Crippen molar-refractivity contribution in [2.24, 2.45) is 0 Å². The van der Waals surface area contributed by atoms with Gasteiger partial charge in [-0.25, -0.2) is 4.79 Å². The number of nitrogens with zero attached hydrogens (tertiary/aromatic N) is 5. The number of carboxylic acid groups (broad SMARTS) is 1. The molecule has 0 bridgehead atoms. The van der Waals surface area contributed by atoms with E-state index >= 15 is 0 Å². The predicted molar refractivity (Wildman–Crippen MR) is 76.8 cm³/mol. The lowest BCUT2D eigenvalue weighted by Gasteiger charge is -2.07. The smallest absolute Gasteiger partial charge is 0.338 e. The Kier molecular flexibility index (Phi) is 4.19. The summed E-state index contributed by atoms with van der Waals surface area (Å²) in [5.41, 5.74) is 1.40. The number of rotatable bonds is 4. The molecule has 0 unspecified atom stereocenters. The van der Waals surface area contributed by atoms with E-state index in [1.807, 2.05) is 19.0 Å². The van der Waals surface area contributed by atoms with Gasteiger partial charge in [0.05, 0.1) is 11.3 Å². The Morgan fingerprint density at radius 3 is 2.45 bits per heavy atom. The summed E-state index contributed by atoms with van der Waals surface area (Å²) in [4.78, 5) is 13.2. The van der Waals surface area contributed by atoms with Crippen LogP contribution in [0.1, 0.15) is 21.6 Å². The molecule has 0 aliphatic heterocycles. The molecule has 0 spiro atoms. The summed E-state index contributed by atoms with van der Waals surface area (Å²) >= 11 is 2.54. The van der Waals surface area contributed by atoms with Crippen molar-refractivity contribution in [1.82, 2.24) is 20.4 Å². The molecule has 1 N–H and O–H groups in total. The average molecular weight is 311 g/mol. The van der Waals surface area contributed by atoms with Crippen LogP contribution in [0.2, 0.25) is 0 Å². The zero-order chi connectivity index (χ0) is 14.9. The molecule has 0 aromatic carbocycles. The van der Waals surface area contributed by atoms with E-state index in [9.17, 15) is 9.90 Å². The van der Waals surface area contributed by atoms with Crippen LogP contribution < -0.4 is 4.90 Å². The zero-order valence-electron chi connectivity index (χ0n) is 11.4. The normalized spacial score (nSPS) is 10.6. The molecule has 2 aromatic heterocycles. The van der Waals surface area contributed by atoms with Gasteiger partial charge >= 0.3 is 5.97 Å². The van der Waals surface area contributed by atoms with E-state index in [2.05, 4.69) is 20.4 Å². The van der Waals surface area contributed by atoms with E-state index in [4.69, 9.17) is 0 Å². The maximum Gasteiger partial charge on any atom is 0.338 e. The van der Waals surface area contributed by atoms with Gasteiger partial charge in [-0.15, -0.1) is 15.3 Å². The van der Waals surface area contributed by atoms with Gasteiger partial charge in [0.15, 0.2) is 4.34 Å². The third-order valence-corrected chi connectivity index (χ3v) is 4.72. The highest BCUT2D eigenvalue weighted by Crippen LogP contribution is 2.34. The summed E-state index contributed by atoms with van der Waals surface area (Å²) in [6.07, 6.45) is 0. The van der Waals surface area contributed by atoms with Crippen LogP contribution in [-0.2, 0) is 0 Å². The molecule has 0 atom stereocenters. The fourth-order valence-corrected chi connectivity index (χ4v) is 3.22. The molecule has 0 fully saturated rings. The minimum Gasteiger partial charge on any atom is -0.478 e. The first kappa shape index (κ1) is 14.7. The van der Waals surface area contributed by atoms with Crippen molar-refractivity contribution in [3.8, 4) is 0 Å². The maximum absolute atomic E-state index is 11.4. The van der Waals surface area contributed by atoms with Crippen molar-refractivity contribution < 1.29 is 9.90 Å². The van der Waals surface area contributed by atoms with Crippen LogP contribution in [0.25, 0.3) is 0 Å². The quantitative estimate of drug-likeness (QED) is 0.914. The third-order valence-electron chi connectivity index (χ3n) is 2.60. The first-order chi connectivity index (χ1) is 9.40. The van der Waals surface area contributed by atoms with Gasteiger partial charge in [-0.05, 0) is 31.2 Å². The number of aryl methyl sites for hydroxylation is 1. The molecule has 7 nitrogen and oxygen atoms in total. The summed E-state index contributed by atoms with van der Waals surface area (Å²) in [6.45, 7) is 3.46. The Hall–Kier alpha value is -1.74. The molecule has 20 heavy (non-hydrogen) atoms. The molecule has 0 saturated heterocycles. The number of carboxylic acids is 1. The summed E-state index contributed by atoms with van der Waals surface area (Å²) < 4.78 is 0.633. The molecule has 2 heterocycles. The van der Waals surface area contributed by atoms with Crippen molar-refractivity contribution in [2.75, 3.05) is 19.0 Å². The van der Waals surface area contributed by atoms with Crippen LogP contribution >= 0.6 is 23.1 Å². The van der Waals surface area contributed by atoms with E-state index in [1.165, 1.54) is 23.1 Å². The Labute approximate surface area is 124 Å². The molecule has 0 saturated carbocycles. The minimum absolute atomic E-state index is 0.170. The van der Waals surface area contributed by atoms with E-state index in [0.717, 1.165) is 5.13 Å². The molecule has 106 valence electrons. The molecule has 0 amide bonds. The van der Waals surface area contributed by atoms with Gasteiger partial charge in [-0.2, -0.15) is 5.10 Å². The van der Waals surface area contributed by atoms with Gasteiger partial charge in [0, 0.05) is 14.1 Å². The lowest BCUT2D eigenvalue weighted by Crippen LogP contribution is -2.07. The minimum atomic E-state index is -1.01. The largest absolute Gasteiger partial charge is 0.478 e. The summed E-state index contributed by atoms with van der Waals surface area (Å²) in [7, 11) is 3.74. The van der Waals surface area contributed by atoms with Crippen molar-refractivity contribution >= 4 is 34.2 Å². The summed E-state index contributed by atoms with van der Waals surface area (Å²) in [6, 6.07) is 0. The van der Waals surface area contributed by atoms with Crippen molar-refractivity contribution in [2.45, 2.75) is 23.2 Å². The predicted octanol–water partition coefficient (Wildman–Crippen LogP) is 1.86. The lowest BCUT2D eigenvalue weighted by molar-refractivity contribution is 0.0690. The van der Waals surface area contributed by atoms with Crippen LogP contribution in [-0.4, -0.2) is 45.6 Å². The van der Waals surface area contributed by atoms with Crippen LogP contribution in [0.15, 0.2) is 9.37 Å². The highest BCUT2D eigenvalue weighted by Gasteiger charge is 2.20. The summed E-state index contributed by atoms with van der Waals surface area (Å²) in [5.74, 6) is -1.01. The molecule has 0 aliphatic carbocycles.